The number of nitrogens with zero attached hydrogens (tertiary/aromatic N) is 2. The quantitative estimate of drug-likeness (QED) is 0.658. The van der Waals surface area contributed by atoms with Gasteiger partial charge < -0.3 is 4.74 Å². The molecule has 0 aliphatic carbocycles. The molecule has 1 heterocycles. The fraction of sp³-hybridized carbons (Fsp3) is 0.444. The Morgan fingerprint density at radius 3 is 2.92 bits per heavy atom. The molecule has 0 radical (unpaired) electrons. The zero-order valence-corrected chi connectivity index (χ0v) is 7.78. The van der Waals surface area contributed by atoms with Gasteiger partial charge in [0.15, 0.2) is 5.78 Å². The molecule has 0 N–H and O–H groups in total. The minimum Gasteiger partial charge on any atom is -0.481 e. The average molecular weight is 180 g/mol. The third-order valence-corrected chi connectivity index (χ3v) is 1.61. The van der Waals surface area contributed by atoms with Crippen molar-refractivity contribution in [3.8, 4) is 5.88 Å². The summed E-state index contributed by atoms with van der Waals surface area (Å²) >= 11 is 0. The first-order valence-electron chi connectivity index (χ1n) is 4.17. The zero-order valence-electron chi connectivity index (χ0n) is 7.78. The van der Waals surface area contributed by atoms with Crippen LogP contribution in [-0.4, -0.2) is 22.9 Å². The van der Waals surface area contributed by atoms with E-state index in [2.05, 4.69) is 9.97 Å². The second kappa shape index (κ2) is 4.54. The third-order valence-electron chi connectivity index (χ3n) is 1.61. The fourth-order valence-electron chi connectivity index (χ4n) is 0.959. The number of hydrogen-bond donors (Lipinski definition) is 0. The Bertz CT molecular complexity index is 299. The predicted octanol–water partition coefficient (Wildman–Crippen LogP) is 1.47. The lowest BCUT2D eigenvalue weighted by Gasteiger charge is -2.00. The Balaban J connectivity index is 2.82. The summed E-state index contributed by atoms with van der Waals surface area (Å²) in [5.74, 6) is 0.456. The summed E-state index contributed by atoms with van der Waals surface area (Å²) in [5.41, 5.74) is 0.425. The van der Waals surface area contributed by atoms with Crippen LogP contribution in [0.2, 0.25) is 0 Å². The van der Waals surface area contributed by atoms with E-state index in [1.165, 1.54) is 13.4 Å². The van der Waals surface area contributed by atoms with Crippen LogP contribution in [0.1, 0.15) is 30.3 Å². The van der Waals surface area contributed by atoms with Crippen molar-refractivity contribution in [3.63, 3.8) is 0 Å². The number of rotatable bonds is 4. The smallest absolute Gasteiger partial charge is 0.216 e. The van der Waals surface area contributed by atoms with Crippen molar-refractivity contribution in [1.82, 2.24) is 9.97 Å². The second-order valence-electron chi connectivity index (χ2n) is 2.62. The van der Waals surface area contributed by atoms with Gasteiger partial charge in [0.2, 0.25) is 5.88 Å². The van der Waals surface area contributed by atoms with E-state index < -0.39 is 0 Å². The lowest BCUT2D eigenvalue weighted by Crippen LogP contribution is -2.02. The number of Topliss-reactive ketones (excluding diaryl/α,β-unsaturated/α-hetero) is 1. The molecule has 4 heteroatoms. The molecule has 1 aromatic heterocycles. The highest BCUT2D eigenvalue weighted by Crippen LogP contribution is 2.08. The normalized spacial score (nSPS) is 9.69. The van der Waals surface area contributed by atoms with Crippen molar-refractivity contribution in [2.24, 2.45) is 0 Å². The molecule has 0 spiro atoms. The Hall–Kier alpha value is -1.45. The standard InChI is InChI=1S/C9H12N2O2/c1-3-4-8(12)7-5-9(13-2)11-6-10-7/h5-6H,3-4H2,1-2H3. The van der Waals surface area contributed by atoms with Gasteiger partial charge in [-0.3, -0.25) is 4.79 Å². The van der Waals surface area contributed by atoms with Gasteiger partial charge in [-0.1, -0.05) is 6.92 Å². The number of carbonyl (C=O) groups is 1. The monoisotopic (exact) mass is 180 g/mol. The Morgan fingerprint density at radius 2 is 2.31 bits per heavy atom. The first-order valence-corrected chi connectivity index (χ1v) is 4.17. The molecule has 1 rings (SSSR count). The van der Waals surface area contributed by atoms with Crippen LogP contribution in [0.15, 0.2) is 12.4 Å². The minimum absolute atomic E-state index is 0.0307. The van der Waals surface area contributed by atoms with E-state index >= 15 is 0 Å². The molecular formula is C9H12N2O2. The van der Waals surface area contributed by atoms with Crippen LogP contribution in [0.3, 0.4) is 0 Å². The van der Waals surface area contributed by atoms with E-state index in [4.69, 9.17) is 4.74 Å². The second-order valence-corrected chi connectivity index (χ2v) is 2.62. The van der Waals surface area contributed by atoms with E-state index in [1.54, 1.807) is 6.07 Å². The highest BCUT2D eigenvalue weighted by molar-refractivity contribution is 5.94. The molecule has 0 aliphatic heterocycles. The lowest BCUT2D eigenvalue weighted by molar-refractivity contribution is 0.0976. The first kappa shape index (κ1) is 9.64. The van der Waals surface area contributed by atoms with E-state index in [9.17, 15) is 4.79 Å². The van der Waals surface area contributed by atoms with Crippen LogP contribution >= 0.6 is 0 Å². The maximum Gasteiger partial charge on any atom is 0.216 e. The van der Waals surface area contributed by atoms with Gasteiger partial charge in [0.1, 0.15) is 12.0 Å². The maximum absolute atomic E-state index is 11.4. The number of carbonyl (C=O) groups excluding carboxylic acids is 1. The molecule has 0 saturated heterocycles. The van der Waals surface area contributed by atoms with Crippen molar-refractivity contribution in [1.29, 1.82) is 0 Å². The summed E-state index contributed by atoms with van der Waals surface area (Å²) in [7, 11) is 1.51. The molecule has 70 valence electrons. The maximum atomic E-state index is 11.4. The number of methoxy groups -OCH3 is 1. The van der Waals surface area contributed by atoms with Crippen LogP contribution in [0, 0.1) is 0 Å². The molecule has 0 amide bonds. The van der Waals surface area contributed by atoms with E-state index in [1.807, 2.05) is 6.92 Å². The lowest BCUT2D eigenvalue weighted by atomic mass is 10.2. The molecular weight excluding hydrogens is 168 g/mol. The number of aromatic nitrogens is 2. The van der Waals surface area contributed by atoms with Crippen molar-refractivity contribution >= 4 is 5.78 Å². The SMILES string of the molecule is CCCC(=O)c1cc(OC)ncn1. The van der Waals surface area contributed by atoms with E-state index in [-0.39, 0.29) is 5.78 Å². The van der Waals surface area contributed by atoms with Crippen LogP contribution < -0.4 is 4.74 Å². The van der Waals surface area contributed by atoms with Gasteiger partial charge >= 0.3 is 0 Å². The molecule has 0 fully saturated rings. The Kier molecular flexibility index (Phi) is 3.37. The van der Waals surface area contributed by atoms with Crippen molar-refractivity contribution < 1.29 is 9.53 Å². The molecule has 0 aliphatic rings. The van der Waals surface area contributed by atoms with Gasteiger partial charge in [-0.05, 0) is 6.42 Å². The van der Waals surface area contributed by atoms with Gasteiger partial charge in [-0.2, -0.15) is 0 Å². The summed E-state index contributed by atoms with van der Waals surface area (Å²) in [6, 6.07) is 1.55. The molecule has 13 heavy (non-hydrogen) atoms. The highest BCUT2D eigenvalue weighted by Gasteiger charge is 2.07. The Morgan fingerprint density at radius 1 is 1.54 bits per heavy atom. The molecule has 0 saturated carbocycles. The molecule has 1 aromatic rings. The molecule has 0 aromatic carbocycles. The third kappa shape index (κ3) is 2.50. The summed E-state index contributed by atoms with van der Waals surface area (Å²) in [5, 5.41) is 0. The highest BCUT2D eigenvalue weighted by atomic mass is 16.5. The summed E-state index contributed by atoms with van der Waals surface area (Å²) < 4.78 is 4.88. The van der Waals surface area contributed by atoms with E-state index in [0.29, 0.717) is 18.0 Å². The van der Waals surface area contributed by atoms with Crippen LogP contribution in [0.5, 0.6) is 5.88 Å². The molecule has 0 unspecified atom stereocenters. The van der Waals surface area contributed by atoms with Crippen LogP contribution in [0.4, 0.5) is 0 Å². The van der Waals surface area contributed by atoms with Gasteiger partial charge in [-0.25, -0.2) is 9.97 Å². The predicted molar refractivity (Wildman–Crippen MR) is 47.8 cm³/mol. The van der Waals surface area contributed by atoms with Gasteiger partial charge in [0.05, 0.1) is 7.11 Å². The summed E-state index contributed by atoms with van der Waals surface area (Å²) in [6.07, 6.45) is 2.67. The summed E-state index contributed by atoms with van der Waals surface area (Å²) in [4.78, 5) is 19.0. The van der Waals surface area contributed by atoms with Crippen molar-refractivity contribution in [2.75, 3.05) is 7.11 Å². The summed E-state index contributed by atoms with van der Waals surface area (Å²) in [6.45, 7) is 1.95. The van der Waals surface area contributed by atoms with Crippen LogP contribution in [-0.2, 0) is 0 Å². The van der Waals surface area contributed by atoms with Crippen molar-refractivity contribution in [2.45, 2.75) is 19.8 Å². The van der Waals surface area contributed by atoms with E-state index in [0.717, 1.165) is 6.42 Å². The largest absolute Gasteiger partial charge is 0.481 e. The number of hydrogen-bond acceptors (Lipinski definition) is 4. The average Bonchev–Trinajstić information content (AvgIpc) is 2.18. The van der Waals surface area contributed by atoms with Gasteiger partial charge in [0, 0.05) is 12.5 Å². The number of ketones is 1. The minimum atomic E-state index is 0.0307. The molecule has 0 bridgehead atoms. The van der Waals surface area contributed by atoms with Gasteiger partial charge in [-0.15, -0.1) is 0 Å². The first-order chi connectivity index (χ1) is 6.27. The van der Waals surface area contributed by atoms with Crippen molar-refractivity contribution in [3.05, 3.63) is 18.1 Å². The van der Waals surface area contributed by atoms with Crippen LogP contribution in [0.25, 0.3) is 0 Å². The molecule has 4 nitrogen and oxygen atoms in total. The zero-order chi connectivity index (χ0) is 9.68. The molecule has 0 atom stereocenters. The Labute approximate surface area is 77.0 Å². The fourth-order valence-corrected chi connectivity index (χ4v) is 0.959. The number of ether oxygens (including phenoxy) is 1. The van der Waals surface area contributed by atoms with Gasteiger partial charge in [0.25, 0.3) is 0 Å². The topological polar surface area (TPSA) is 52.1 Å².